The highest BCUT2D eigenvalue weighted by atomic mass is 16.7. The Labute approximate surface area is 100 Å². The van der Waals surface area contributed by atoms with Gasteiger partial charge < -0.3 is 9.47 Å². The van der Waals surface area contributed by atoms with Crippen LogP contribution in [0.5, 0.6) is 0 Å². The van der Waals surface area contributed by atoms with Gasteiger partial charge in [0, 0.05) is 0 Å². The Hall–Kier alpha value is -0.600. The maximum Gasteiger partial charge on any atom is 0.155 e. The Morgan fingerprint density at radius 2 is 1.25 bits per heavy atom. The van der Waals surface area contributed by atoms with Crippen molar-refractivity contribution in [1.82, 2.24) is 0 Å². The summed E-state index contributed by atoms with van der Waals surface area (Å²) in [5.41, 5.74) is 0. The first-order valence-corrected chi connectivity index (χ1v) is 6.34. The van der Waals surface area contributed by atoms with Crippen molar-refractivity contribution in [2.24, 2.45) is 0 Å². The molecule has 0 aliphatic rings. The van der Waals surface area contributed by atoms with E-state index in [0.717, 1.165) is 12.8 Å². The van der Waals surface area contributed by atoms with Crippen molar-refractivity contribution in [3.8, 4) is 0 Å². The molecule has 0 atom stereocenters. The van der Waals surface area contributed by atoms with E-state index in [1.165, 1.54) is 12.8 Å². The van der Waals surface area contributed by atoms with Gasteiger partial charge in [-0.05, 0) is 19.8 Å². The average Bonchev–Trinajstić information content (AvgIpc) is 2.28. The fourth-order valence-corrected chi connectivity index (χ4v) is 1.14. The maximum atomic E-state index is 5.45. The lowest BCUT2D eigenvalue weighted by atomic mass is 10.3. The third-order valence-electron chi connectivity index (χ3n) is 2.10. The molecule has 0 aliphatic carbocycles. The molecule has 0 unspecified atom stereocenters. The van der Waals surface area contributed by atoms with Crippen LogP contribution < -0.4 is 0 Å². The zero-order valence-electron chi connectivity index (χ0n) is 10.9. The van der Waals surface area contributed by atoms with Crippen LogP contribution in [0, 0.1) is 0 Å². The van der Waals surface area contributed by atoms with E-state index in [0.29, 0.717) is 13.2 Å². The molecule has 0 saturated carbocycles. The van der Waals surface area contributed by atoms with Crippen molar-refractivity contribution in [2.45, 2.75) is 52.7 Å². The van der Waals surface area contributed by atoms with Gasteiger partial charge in [0.15, 0.2) is 6.29 Å². The maximum absolute atomic E-state index is 5.45. The minimum atomic E-state index is -0.127. The van der Waals surface area contributed by atoms with Crippen LogP contribution in [0.2, 0.25) is 0 Å². The normalized spacial score (nSPS) is 12.2. The van der Waals surface area contributed by atoms with Gasteiger partial charge in [0.2, 0.25) is 0 Å². The fourth-order valence-electron chi connectivity index (χ4n) is 1.14. The van der Waals surface area contributed by atoms with Gasteiger partial charge in [-0.2, -0.15) is 0 Å². The summed E-state index contributed by atoms with van der Waals surface area (Å²) in [4.78, 5) is 0. The fraction of sp³-hybridized carbons (Fsp3) is 0.714. The highest BCUT2D eigenvalue weighted by molar-refractivity contribution is 4.81. The smallest absolute Gasteiger partial charge is 0.155 e. The summed E-state index contributed by atoms with van der Waals surface area (Å²) in [7, 11) is 0. The summed E-state index contributed by atoms with van der Waals surface area (Å²) < 4.78 is 10.9. The van der Waals surface area contributed by atoms with Gasteiger partial charge >= 0.3 is 0 Å². The quantitative estimate of drug-likeness (QED) is 0.413. The van der Waals surface area contributed by atoms with E-state index in [1.807, 2.05) is 6.92 Å². The van der Waals surface area contributed by atoms with Crippen LogP contribution >= 0.6 is 0 Å². The van der Waals surface area contributed by atoms with Gasteiger partial charge in [-0.25, -0.2) is 0 Å². The molecule has 2 nitrogen and oxygen atoms in total. The molecule has 0 aliphatic heterocycles. The zero-order chi connectivity index (χ0) is 12.1. The average molecular weight is 226 g/mol. The summed E-state index contributed by atoms with van der Waals surface area (Å²) in [5.74, 6) is 0. The summed E-state index contributed by atoms with van der Waals surface area (Å²) in [6.07, 6.45) is 12.9. The highest BCUT2D eigenvalue weighted by Crippen LogP contribution is 1.96. The van der Waals surface area contributed by atoms with E-state index in [1.54, 1.807) is 0 Å². The van der Waals surface area contributed by atoms with Gasteiger partial charge in [-0.15, -0.1) is 0 Å². The van der Waals surface area contributed by atoms with Crippen LogP contribution in [0.15, 0.2) is 24.3 Å². The molecule has 0 N–H and O–H groups in total. The Balaban J connectivity index is 3.33. The van der Waals surface area contributed by atoms with E-state index in [4.69, 9.17) is 9.47 Å². The number of allylic oxidation sites excluding steroid dienone is 2. The van der Waals surface area contributed by atoms with Crippen molar-refractivity contribution >= 4 is 0 Å². The lowest BCUT2D eigenvalue weighted by Gasteiger charge is -2.10. The third-order valence-corrected chi connectivity index (χ3v) is 2.10. The molecular weight excluding hydrogens is 200 g/mol. The minimum absolute atomic E-state index is 0.127. The summed E-state index contributed by atoms with van der Waals surface area (Å²) in [6, 6.07) is 0. The third kappa shape index (κ3) is 11.5. The largest absolute Gasteiger partial charge is 0.349 e. The Morgan fingerprint density at radius 3 is 1.62 bits per heavy atom. The molecule has 0 aromatic heterocycles. The monoisotopic (exact) mass is 226 g/mol. The highest BCUT2D eigenvalue weighted by Gasteiger charge is 1.97. The summed E-state index contributed by atoms with van der Waals surface area (Å²) in [6.45, 7) is 7.54. The molecule has 94 valence electrons. The molecule has 0 bridgehead atoms. The van der Waals surface area contributed by atoms with Crippen LogP contribution in [-0.2, 0) is 9.47 Å². The number of hydrogen-bond acceptors (Lipinski definition) is 2. The van der Waals surface area contributed by atoms with Crippen LogP contribution in [0.1, 0.15) is 46.5 Å². The molecule has 0 heterocycles. The van der Waals surface area contributed by atoms with Crippen LogP contribution in [-0.4, -0.2) is 19.5 Å². The van der Waals surface area contributed by atoms with Gasteiger partial charge in [0.25, 0.3) is 0 Å². The Morgan fingerprint density at radius 1 is 0.812 bits per heavy atom. The lowest BCUT2D eigenvalue weighted by Crippen LogP contribution is -2.12. The molecule has 0 radical (unpaired) electrons. The van der Waals surface area contributed by atoms with Gasteiger partial charge in [-0.3, -0.25) is 0 Å². The van der Waals surface area contributed by atoms with E-state index >= 15 is 0 Å². The predicted molar refractivity (Wildman–Crippen MR) is 69.5 cm³/mol. The first-order chi connectivity index (χ1) is 7.81. The predicted octanol–water partition coefficient (Wildman–Crippen LogP) is 4.08. The molecule has 16 heavy (non-hydrogen) atoms. The van der Waals surface area contributed by atoms with Gasteiger partial charge in [0.05, 0.1) is 13.2 Å². The van der Waals surface area contributed by atoms with Gasteiger partial charge in [0.1, 0.15) is 0 Å². The van der Waals surface area contributed by atoms with Crippen molar-refractivity contribution in [3.05, 3.63) is 24.3 Å². The van der Waals surface area contributed by atoms with Crippen LogP contribution in [0.25, 0.3) is 0 Å². The number of unbranched alkanes of at least 4 members (excludes halogenated alkanes) is 2. The van der Waals surface area contributed by atoms with E-state index in [-0.39, 0.29) is 6.29 Å². The first kappa shape index (κ1) is 15.4. The van der Waals surface area contributed by atoms with E-state index < -0.39 is 0 Å². The molecule has 0 aromatic rings. The first-order valence-electron chi connectivity index (χ1n) is 6.34. The standard InChI is InChI=1S/C14H26O2/c1-4-6-8-10-12-15-14(3)16-13-11-9-7-5-2/h8-11,14H,4-7,12-13H2,1-3H3/b10-8+,11-9+. The van der Waals surface area contributed by atoms with Crippen molar-refractivity contribution < 1.29 is 9.47 Å². The summed E-state index contributed by atoms with van der Waals surface area (Å²) in [5, 5.41) is 0. The van der Waals surface area contributed by atoms with Crippen molar-refractivity contribution in [2.75, 3.05) is 13.2 Å². The second-order valence-corrected chi connectivity index (χ2v) is 3.75. The van der Waals surface area contributed by atoms with Crippen LogP contribution in [0.4, 0.5) is 0 Å². The van der Waals surface area contributed by atoms with E-state index in [9.17, 15) is 0 Å². The minimum Gasteiger partial charge on any atom is -0.349 e. The topological polar surface area (TPSA) is 18.5 Å². The Bertz CT molecular complexity index is 165. The van der Waals surface area contributed by atoms with E-state index in [2.05, 4.69) is 38.2 Å². The molecule has 0 amide bonds. The number of rotatable bonds is 10. The molecule has 2 heteroatoms. The molecule has 0 saturated heterocycles. The zero-order valence-corrected chi connectivity index (χ0v) is 10.9. The van der Waals surface area contributed by atoms with Crippen LogP contribution in [0.3, 0.4) is 0 Å². The SMILES string of the molecule is CCC/C=C/COC(C)OC/C=C/CCC. The second kappa shape index (κ2) is 12.5. The number of ether oxygens (including phenoxy) is 2. The second-order valence-electron chi connectivity index (χ2n) is 3.75. The molecule has 0 aromatic carbocycles. The molecule has 0 fully saturated rings. The molecule has 0 rings (SSSR count). The summed E-state index contributed by atoms with van der Waals surface area (Å²) >= 11 is 0. The molecular formula is C14H26O2. The Kier molecular flexibility index (Phi) is 12.0. The van der Waals surface area contributed by atoms with Crippen molar-refractivity contribution in [3.63, 3.8) is 0 Å². The lowest BCUT2D eigenvalue weighted by molar-refractivity contribution is -0.113. The molecule has 0 spiro atoms. The number of hydrogen-bond donors (Lipinski definition) is 0. The van der Waals surface area contributed by atoms with Gasteiger partial charge in [-0.1, -0.05) is 51.0 Å². The van der Waals surface area contributed by atoms with Crippen molar-refractivity contribution in [1.29, 1.82) is 0 Å².